The van der Waals surface area contributed by atoms with E-state index in [-0.39, 0.29) is 24.2 Å². The lowest BCUT2D eigenvalue weighted by Gasteiger charge is -2.17. The highest BCUT2D eigenvalue weighted by molar-refractivity contribution is 7.22. The van der Waals surface area contributed by atoms with Crippen molar-refractivity contribution in [1.29, 1.82) is 0 Å². The highest BCUT2D eigenvalue weighted by Crippen LogP contribution is 2.30. The molecule has 6 heteroatoms. The number of benzene rings is 2. The fraction of sp³-hybridized carbons (Fsp3) is 0.286. The minimum atomic E-state index is -0.368. The van der Waals surface area contributed by atoms with Crippen molar-refractivity contribution >= 4 is 44.2 Å². The molecule has 0 radical (unpaired) electrons. The number of nitrogens with one attached hydrogen (secondary N) is 1. The molecule has 27 heavy (non-hydrogen) atoms. The Balaban J connectivity index is 1.50. The van der Waals surface area contributed by atoms with Gasteiger partial charge in [0.25, 0.3) is 0 Å². The first-order valence-electron chi connectivity index (χ1n) is 8.97. The molecule has 1 aromatic heterocycles. The van der Waals surface area contributed by atoms with Gasteiger partial charge in [0, 0.05) is 18.7 Å². The van der Waals surface area contributed by atoms with Gasteiger partial charge in [-0.3, -0.25) is 9.59 Å². The molecule has 1 atom stereocenters. The molecule has 0 aliphatic carbocycles. The average molecular weight is 379 g/mol. The predicted molar refractivity (Wildman–Crippen MR) is 109 cm³/mol. The van der Waals surface area contributed by atoms with Gasteiger partial charge in [0.05, 0.1) is 16.1 Å². The lowest BCUT2D eigenvalue weighted by atomic mass is 10.1. The van der Waals surface area contributed by atoms with Crippen LogP contribution >= 0.6 is 11.3 Å². The zero-order valence-corrected chi connectivity index (χ0v) is 16.4. The summed E-state index contributed by atoms with van der Waals surface area (Å²) in [5.41, 5.74) is 5.18. The fourth-order valence-electron chi connectivity index (χ4n) is 3.37. The van der Waals surface area contributed by atoms with Gasteiger partial charge in [-0.25, -0.2) is 4.98 Å². The van der Waals surface area contributed by atoms with Crippen LogP contribution in [0.25, 0.3) is 10.2 Å². The van der Waals surface area contributed by atoms with Crippen molar-refractivity contribution in [2.75, 3.05) is 16.8 Å². The normalized spacial score (nSPS) is 16.9. The number of hydrogen-bond acceptors (Lipinski definition) is 4. The summed E-state index contributed by atoms with van der Waals surface area (Å²) in [4.78, 5) is 31.4. The van der Waals surface area contributed by atoms with E-state index in [9.17, 15) is 9.59 Å². The van der Waals surface area contributed by atoms with Gasteiger partial charge in [-0.05, 0) is 55.7 Å². The predicted octanol–water partition coefficient (Wildman–Crippen LogP) is 4.21. The van der Waals surface area contributed by atoms with Crippen LogP contribution in [0.2, 0.25) is 0 Å². The van der Waals surface area contributed by atoms with Crippen LogP contribution < -0.4 is 10.2 Å². The summed E-state index contributed by atoms with van der Waals surface area (Å²) in [6.45, 7) is 6.47. The lowest BCUT2D eigenvalue weighted by Crippen LogP contribution is -2.28. The molecule has 1 fully saturated rings. The first kappa shape index (κ1) is 17.7. The molecule has 1 unspecified atom stereocenters. The van der Waals surface area contributed by atoms with Crippen molar-refractivity contribution in [3.63, 3.8) is 0 Å². The number of carbonyl (C=O) groups excluding carboxylic acids is 2. The highest BCUT2D eigenvalue weighted by Gasteiger charge is 2.35. The van der Waals surface area contributed by atoms with Crippen molar-refractivity contribution in [1.82, 2.24) is 4.98 Å². The van der Waals surface area contributed by atoms with E-state index in [0.29, 0.717) is 11.7 Å². The van der Waals surface area contributed by atoms with Crippen LogP contribution in [0, 0.1) is 26.7 Å². The Bertz CT molecular complexity index is 1060. The monoisotopic (exact) mass is 379 g/mol. The second kappa shape index (κ2) is 6.78. The summed E-state index contributed by atoms with van der Waals surface area (Å²) in [7, 11) is 0. The number of aryl methyl sites for hydroxylation is 3. The van der Waals surface area contributed by atoms with Crippen LogP contribution in [-0.2, 0) is 9.59 Å². The number of anilines is 2. The number of aromatic nitrogens is 1. The summed E-state index contributed by atoms with van der Waals surface area (Å²) < 4.78 is 1.05. The maximum absolute atomic E-state index is 12.7. The highest BCUT2D eigenvalue weighted by atomic mass is 32.1. The second-order valence-corrected chi connectivity index (χ2v) is 8.13. The van der Waals surface area contributed by atoms with Gasteiger partial charge in [-0.2, -0.15) is 0 Å². The molecule has 2 aromatic carbocycles. The van der Waals surface area contributed by atoms with E-state index < -0.39 is 0 Å². The molecule has 1 aliphatic heterocycles. The lowest BCUT2D eigenvalue weighted by molar-refractivity contribution is -0.122. The molecule has 0 spiro atoms. The number of fused-ring (bicyclic) bond motifs is 1. The summed E-state index contributed by atoms with van der Waals surface area (Å²) >= 11 is 1.46. The number of hydrogen-bond donors (Lipinski definition) is 1. The van der Waals surface area contributed by atoms with Gasteiger partial charge in [0.15, 0.2) is 5.13 Å². The Morgan fingerprint density at radius 2 is 1.96 bits per heavy atom. The largest absolute Gasteiger partial charge is 0.312 e. The van der Waals surface area contributed by atoms with E-state index in [2.05, 4.69) is 10.3 Å². The van der Waals surface area contributed by atoms with Gasteiger partial charge in [0.2, 0.25) is 11.8 Å². The van der Waals surface area contributed by atoms with Gasteiger partial charge in [-0.1, -0.05) is 29.5 Å². The van der Waals surface area contributed by atoms with E-state index in [1.165, 1.54) is 16.9 Å². The minimum Gasteiger partial charge on any atom is -0.312 e. The molecular weight excluding hydrogens is 358 g/mol. The topological polar surface area (TPSA) is 62.3 Å². The molecule has 1 N–H and O–H groups in total. The summed E-state index contributed by atoms with van der Waals surface area (Å²) in [5.74, 6) is -0.530. The third-order valence-corrected chi connectivity index (χ3v) is 6.08. The molecule has 2 heterocycles. The van der Waals surface area contributed by atoms with E-state index in [1.54, 1.807) is 4.90 Å². The third kappa shape index (κ3) is 3.32. The van der Waals surface area contributed by atoms with Crippen molar-refractivity contribution in [3.8, 4) is 0 Å². The Hall–Kier alpha value is -2.73. The molecule has 0 saturated carbocycles. The second-order valence-electron chi connectivity index (χ2n) is 7.10. The SMILES string of the molecule is Cc1ccc(N2CC(C(=O)Nc3nc4c(C)cccc4s3)CC2=O)cc1C. The standard InChI is InChI=1S/C21H21N3O2S/c1-12-7-8-16(9-14(12)3)24-11-15(10-18(24)25)20(26)23-21-22-19-13(2)5-4-6-17(19)27-21/h4-9,15H,10-11H2,1-3H3,(H,22,23,26). The zero-order chi connectivity index (χ0) is 19.1. The molecule has 5 nitrogen and oxygen atoms in total. The van der Waals surface area contributed by atoms with Crippen LogP contribution in [0.4, 0.5) is 10.8 Å². The van der Waals surface area contributed by atoms with Crippen LogP contribution in [0.15, 0.2) is 36.4 Å². The maximum atomic E-state index is 12.7. The number of carbonyl (C=O) groups is 2. The number of para-hydroxylation sites is 1. The van der Waals surface area contributed by atoms with E-state index in [4.69, 9.17) is 0 Å². The van der Waals surface area contributed by atoms with E-state index in [1.807, 2.05) is 57.2 Å². The quantitative estimate of drug-likeness (QED) is 0.741. The Labute approximate surface area is 162 Å². The van der Waals surface area contributed by atoms with Crippen molar-refractivity contribution in [2.45, 2.75) is 27.2 Å². The summed E-state index contributed by atoms with van der Waals surface area (Å²) in [6.07, 6.45) is 0.225. The Morgan fingerprint density at radius 1 is 1.15 bits per heavy atom. The summed E-state index contributed by atoms with van der Waals surface area (Å²) in [5, 5.41) is 3.49. The number of rotatable bonds is 3. The third-order valence-electron chi connectivity index (χ3n) is 5.15. The first-order chi connectivity index (χ1) is 12.9. The molecule has 1 saturated heterocycles. The van der Waals surface area contributed by atoms with Crippen LogP contribution in [0.5, 0.6) is 0 Å². The minimum absolute atomic E-state index is 0.0152. The van der Waals surface area contributed by atoms with Gasteiger partial charge < -0.3 is 10.2 Å². The van der Waals surface area contributed by atoms with Crippen molar-refractivity contribution in [2.24, 2.45) is 5.92 Å². The Morgan fingerprint density at radius 3 is 2.70 bits per heavy atom. The fourth-order valence-corrected chi connectivity index (χ4v) is 4.32. The molecule has 4 rings (SSSR count). The average Bonchev–Trinajstić information content (AvgIpc) is 3.21. The van der Waals surface area contributed by atoms with Gasteiger partial charge in [0.1, 0.15) is 0 Å². The number of amides is 2. The van der Waals surface area contributed by atoms with Gasteiger partial charge in [-0.15, -0.1) is 0 Å². The van der Waals surface area contributed by atoms with E-state index >= 15 is 0 Å². The van der Waals surface area contributed by atoms with Crippen molar-refractivity contribution < 1.29 is 9.59 Å². The zero-order valence-electron chi connectivity index (χ0n) is 15.6. The van der Waals surface area contributed by atoms with Crippen molar-refractivity contribution in [3.05, 3.63) is 53.1 Å². The maximum Gasteiger partial charge on any atom is 0.231 e. The molecule has 2 amide bonds. The smallest absolute Gasteiger partial charge is 0.231 e. The van der Waals surface area contributed by atoms with Crippen LogP contribution in [0.1, 0.15) is 23.1 Å². The first-order valence-corrected chi connectivity index (χ1v) is 9.78. The molecular formula is C21H21N3O2S. The number of thiazole rings is 1. The molecule has 3 aromatic rings. The Kier molecular flexibility index (Phi) is 4.44. The molecule has 138 valence electrons. The van der Waals surface area contributed by atoms with E-state index in [0.717, 1.165) is 27.0 Å². The summed E-state index contributed by atoms with van der Waals surface area (Å²) in [6, 6.07) is 11.9. The van der Waals surface area contributed by atoms with Gasteiger partial charge >= 0.3 is 0 Å². The molecule has 0 bridgehead atoms. The van der Waals surface area contributed by atoms with Crippen LogP contribution in [-0.4, -0.2) is 23.3 Å². The van der Waals surface area contributed by atoms with Crippen LogP contribution in [0.3, 0.4) is 0 Å². The number of nitrogens with zero attached hydrogens (tertiary/aromatic N) is 2. The molecule has 1 aliphatic rings.